The standard InChI is InChI=1S/C14H11F3N2S2/c15-14(16,17)9-20-13-4-2-1-3-12(13)19-8-11-6-5-10(7-18)21-11/h1-6,19H,8-9H2. The molecule has 0 saturated heterocycles. The fourth-order valence-corrected chi connectivity index (χ4v) is 3.15. The third-order valence-electron chi connectivity index (χ3n) is 2.50. The normalized spacial score (nSPS) is 11.1. The van der Waals surface area contributed by atoms with Gasteiger partial charge in [0.25, 0.3) is 0 Å². The van der Waals surface area contributed by atoms with E-state index in [1.807, 2.05) is 6.07 Å². The van der Waals surface area contributed by atoms with Crippen molar-refractivity contribution in [1.29, 1.82) is 5.26 Å². The molecule has 1 heterocycles. The van der Waals surface area contributed by atoms with Crippen molar-refractivity contribution in [3.8, 4) is 6.07 Å². The number of thioether (sulfide) groups is 1. The van der Waals surface area contributed by atoms with Gasteiger partial charge in [0.05, 0.1) is 5.75 Å². The number of nitriles is 1. The van der Waals surface area contributed by atoms with E-state index in [2.05, 4.69) is 11.4 Å². The molecule has 2 rings (SSSR count). The van der Waals surface area contributed by atoms with E-state index in [0.717, 1.165) is 16.6 Å². The van der Waals surface area contributed by atoms with E-state index in [1.54, 1.807) is 30.3 Å². The molecule has 21 heavy (non-hydrogen) atoms. The molecule has 0 aliphatic rings. The Morgan fingerprint density at radius 1 is 1.19 bits per heavy atom. The van der Waals surface area contributed by atoms with Gasteiger partial charge in [-0.05, 0) is 24.3 Å². The van der Waals surface area contributed by atoms with E-state index >= 15 is 0 Å². The van der Waals surface area contributed by atoms with Crippen molar-refractivity contribution >= 4 is 28.8 Å². The molecule has 0 bridgehead atoms. The van der Waals surface area contributed by atoms with E-state index < -0.39 is 11.9 Å². The maximum Gasteiger partial charge on any atom is 0.398 e. The van der Waals surface area contributed by atoms with E-state index in [9.17, 15) is 13.2 Å². The maximum absolute atomic E-state index is 12.3. The predicted octanol–water partition coefficient (Wildman–Crippen LogP) is 4.89. The minimum atomic E-state index is -4.19. The lowest BCUT2D eigenvalue weighted by atomic mass is 10.3. The second-order valence-electron chi connectivity index (χ2n) is 4.13. The SMILES string of the molecule is N#Cc1ccc(CNc2ccccc2SCC(F)(F)F)s1. The van der Waals surface area contributed by atoms with E-state index in [1.165, 1.54) is 11.3 Å². The molecule has 2 aromatic rings. The largest absolute Gasteiger partial charge is 0.398 e. The minimum Gasteiger partial charge on any atom is -0.379 e. The summed E-state index contributed by atoms with van der Waals surface area (Å²) < 4.78 is 36.9. The summed E-state index contributed by atoms with van der Waals surface area (Å²) >= 11 is 2.13. The van der Waals surface area contributed by atoms with Crippen LogP contribution in [0.4, 0.5) is 18.9 Å². The number of hydrogen-bond acceptors (Lipinski definition) is 4. The van der Waals surface area contributed by atoms with Gasteiger partial charge in [-0.2, -0.15) is 18.4 Å². The molecule has 110 valence electrons. The number of nitrogens with zero attached hydrogens (tertiary/aromatic N) is 1. The lowest BCUT2D eigenvalue weighted by molar-refractivity contribution is -0.105. The van der Waals surface area contributed by atoms with Crippen molar-refractivity contribution in [3.05, 3.63) is 46.2 Å². The monoisotopic (exact) mass is 328 g/mol. The highest BCUT2D eigenvalue weighted by atomic mass is 32.2. The number of para-hydroxylation sites is 1. The quantitative estimate of drug-likeness (QED) is 0.794. The summed E-state index contributed by atoms with van der Waals surface area (Å²) in [6.45, 7) is 0.482. The fourth-order valence-electron chi connectivity index (χ4n) is 1.61. The summed E-state index contributed by atoms with van der Waals surface area (Å²) in [5.41, 5.74) is 0.665. The Labute approximate surface area is 128 Å². The zero-order valence-electron chi connectivity index (χ0n) is 10.8. The zero-order valence-corrected chi connectivity index (χ0v) is 12.4. The highest BCUT2D eigenvalue weighted by Gasteiger charge is 2.27. The Morgan fingerprint density at radius 3 is 2.62 bits per heavy atom. The predicted molar refractivity (Wildman–Crippen MR) is 79.6 cm³/mol. The van der Waals surface area contributed by atoms with E-state index in [0.29, 0.717) is 22.0 Å². The maximum atomic E-state index is 12.3. The van der Waals surface area contributed by atoms with Gasteiger partial charge in [-0.3, -0.25) is 0 Å². The van der Waals surface area contributed by atoms with Crippen LogP contribution in [0.25, 0.3) is 0 Å². The molecule has 1 aromatic carbocycles. The van der Waals surface area contributed by atoms with Crippen molar-refractivity contribution < 1.29 is 13.2 Å². The molecule has 0 aliphatic carbocycles. The molecule has 0 fully saturated rings. The summed E-state index contributed by atoms with van der Waals surface area (Å²) in [7, 11) is 0. The van der Waals surface area contributed by atoms with Crippen LogP contribution in [0.3, 0.4) is 0 Å². The highest BCUT2D eigenvalue weighted by molar-refractivity contribution is 7.99. The topological polar surface area (TPSA) is 35.8 Å². The molecule has 0 aliphatic heterocycles. The molecule has 2 nitrogen and oxygen atoms in total. The second-order valence-corrected chi connectivity index (χ2v) is 6.32. The number of anilines is 1. The first kappa shape index (κ1) is 15.7. The summed E-state index contributed by atoms with van der Waals surface area (Å²) in [5.74, 6) is -0.913. The number of hydrogen-bond donors (Lipinski definition) is 1. The Balaban J connectivity index is 2.01. The first-order valence-electron chi connectivity index (χ1n) is 5.99. The number of benzene rings is 1. The molecule has 0 unspecified atom stereocenters. The van der Waals surface area contributed by atoms with Gasteiger partial charge in [0, 0.05) is 22.0 Å². The fraction of sp³-hybridized carbons (Fsp3) is 0.214. The molecule has 0 radical (unpaired) electrons. The molecule has 0 amide bonds. The Kier molecular flexibility index (Phi) is 5.15. The molecular formula is C14H11F3N2S2. The number of rotatable bonds is 5. The van der Waals surface area contributed by atoms with Gasteiger partial charge in [0.1, 0.15) is 10.9 Å². The van der Waals surface area contributed by atoms with E-state index in [-0.39, 0.29) is 0 Å². The third-order valence-corrected chi connectivity index (χ3v) is 4.63. The third kappa shape index (κ3) is 4.99. The lowest BCUT2D eigenvalue weighted by Gasteiger charge is -2.12. The Bertz CT molecular complexity index is 644. The summed E-state index contributed by atoms with van der Waals surface area (Å²) in [4.78, 5) is 2.14. The van der Waals surface area contributed by atoms with E-state index in [4.69, 9.17) is 5.26 Å². The highest BCUT2D eigenvalue weighted by Crippen LogP contribution is 2.32. The molecule has 0 atom stereocenters. The van der Waals surface area contributed by atoms with Crippen molar-refractivity contribution in [2.75, 3.05) is 11.1 Å². The zero-order chi connectivity index (χ0) is 15.3. The second kappa shape index (κ2) is 6.87. The Morgan fingerprint density at radius 2 is 1.95 bits per heavy atom. The van der Waals surface area contributed by atoms with Crippen molar-refractivity contribution in [3.63, 3.8) is 0 Å². The number of nitrogens with one attached hydrogen (secondary N) is 1. The first-order valence-corrected chi connectivity index (χ1v) is 7.79. The van der Waals surface area contributed by atoms with Crippen LogP contribution in [-0.4, -0.2) is 11.9 Å². The van der Waals surface area contributed by atoms with Crippen LogP contribution >= 0.6 is 23.1 Å². The van der Waals surface area contributed by atoms with Crippen molar-refractivity contribution in [2.24, 2.45) is 0 Å². The number of alkyl halides is 3. The summed E-state index contributed by atoms with van der Waals surface area (Å²) in [6.07, 6.45) is -4.19. The van der Waals surface area contributed by atoms with Crippen molar-refractivity contribution in [1.82, 2.24) is 0 Å². The first-order chi connectivity index (χ1) is 9.98. The van der Waals surface area contributed by atoms with Gasteiger partial charge < -0.3 is 5.32 Å². The van der Waals surface area contributed by atoms with Crippen LogP contribution in [0.1, 0.15) is 9.75 Å². The Hall–Kier alpha value is -1.65. The van der Waals surface area contributed by atoms with Gasteiger partial charge in [-0.25, -0.2) is 0 Å². The van der Waals surface area contributed by atoms with Crippen LogP contribution in [0.5, 0.6) is 0 Å². The van der Waals surface area contributed by atoms with Crippen molar-refractivity contribution in [2.45, 2.75) is 17.6 Å². The van der Waals surface area contributed by atoms with Crippen LogP contribution in [0, 0.1) is 11.3 Å². The average molecular weight is 328 g/mol. The molecule has 0 spiro atoms. The van der Waals surface area contributed by atoms with Gasteiger partial charge in [-0.15, -0.1) is 23.1 Å². The van der Waals surface area contributed by atoms with Crippen LogP contribution in [0.15, 0.2) is 41.3 Å². The number of thiophene rings is 1. The molecule has 0 saturated carbocycles. The summed E-state index contributed by atoms with van der Waals surface area (Å²) in [5, 5.41) is 11.9. The molecular weight excluding hydrogens is 317 g/mol. The van der Waals surface area contributed by atoms with Gasteiger partial charge in [0.15, 0.2) is 0 Å². The summed E-state index contributed by atoms with van der Waals surface area (Å²) in [6, 6.07) is 12.5. The van der Waals surface area contributed by atoms with Gasteiger partial charge in [0.2, 0.25) is 0 Å². The molecule has 1 N–H and O–H groups in total. The minimum absolute atomic E-state index is 0.482. The van der Waals surface area contributed by atoms with Gasteiger partial charge in [-0.1, -0.05) is 12.1 Å². The molecule has 7 heteroatoms. The smallest absolute Gasteiger partial charge is 0.379 e. The van der Waals surface area contributed by atoms with Gasteiger partial charge >= 0.3 is 6.18 Å². The lowest BCUT2D eigenvalue weighted by Crippen LogP contribution is -2.10. The van der Waals surface area contributed by atoms with Crippen LogP contribution < -0.4 is 5.32 Å². The van der Waals surface area contributed by atoms with Crippen LogP contribution in [0.2, 0.25) is 0 Å². The average Bonchev–Trinajstić information content (AvgIpc) is 2.91. The number of halogens is 3. The molecule has 1 aromatic heterocycles. The van der Waals surface area contributed by atoms with Crippen LogP contribution in [-0.2, 0) is 6.54 Å².